The van der Waals surface area contributed by atoms with E-state index in [9.17, 15) is 14.4 Å². The van der Waals surface area contributed by atoms with Gasteiger partial charge in [-0.2, -0.15) is 0 Å². The molecule has 6 heteroatoms. The molecular weight excluding hydrogens is 234 g/mol. The number of amides is 2. The van der Waals surface area contributed by atoms with Gasteiger partial charge in [0.05, 0.1) is 6.54 Å². The highest BCUT2D eigenvalue weighted by Gasteiger charge is 2.31. The van der Waals surface area contributed by atoms with E-state index in [2.05, 4.69) is 0 Å². The van der Waals surface area contributed by atoms with Crippen molar-refractivity contribution in [2.75, 3.05) is 26.7 Å². The van der Waals surface area contributed by atoms with Gasteiger partial charge in [-0.1, -0.05) is 0 Å². The maximum Gasteiger partial charge on any atom is 0.312 e. The first-order chi connectivity index (χ1) is 8.49. The lowest BCUT2D eigenvalue weighted by molar-refractivity contribution is -0.154. The number of carbonyl (C=O) groups is 3. The zero-order valence-electron chi connectivity index (χ0n) is 10.4. The van der Waals surface area contributed by atoms with Crippen LogP contribution < -0.4 is 0 Å². The molecule has 0 aliphatic carbocycles. The third-order valence-electron chi connectivity index (χ3n) is 3.01. The Morgan fingerprint density at radius 1 is 1.22 bits per heavy atom. The average Bonchev–Trinajstić information content (AvgIpc) is 2.77. The Hall–Kier alpha value is -2.11. The molecule has 0 aromatic carbocycles. The molecule has 0 radical (unpaired) electrons. The van der Waals surface area contributed by atoms with E-state index in [1.54, 1.807) is 30.1 Å². The number of aryl methyl sites for hydroxylation is 1. The van der Waals surface area contributed by atoms with Gasteiger partial charge in [-0.3, -0.25) is 14.4 Å². The molecule has 2 heterocycles. The highest BCUT2D eigenvalue weighted by molar-refractivity contribution is 6.35. The quantitative estimate of drug-likeness (QED) is 0.536. The Kier molecular flexibility index (Phi) is 3.18. The SMILES string of the molecule is CN1CCN(CC(=O)c2ccn(C)c2)C(=O)C1=O. The number of rotatable bonds is 3. The number of Topliss-reactive ketones (excluding diaryl/α,β-unsaturated/α-hetero) is 1. The Balaban J connectivity index is 2.04. The van der Waals surface area contributed by atoms with Crippen molar-refractivity contribution in [1.29, 1.82) is 0 Å². The zero-order chi connectivity index (χ0) is 13.3. The number of piperazine rings is 1. The topological polar surface area (TPSA) is 62.6 Å². The number of carbonyl (C=O) groups excluding carboxylic acids is 3. The number of ketones is 1. The number of likely N-dealkylation sites (N-methyl/N-ethyl adjacent to an activating group) is 1. The lowest BCUT2D eigenvalue weighted by Gasteiger charge is -2.30. The fraction of sp³-hybridized carbons (Fsp3) is 0.417. The molecule has 96 valence electrons. The molecule has 6 nitrogen and oxygen atoms in total. The summed E-state index contributed by atoms with van der Waals surface area (Å²) >= 11 is 0. The van der Waals surface area contributed by atoms with Crippen molar-refractivity contribution >= 4 is 17.6 Å². The molecule has 0 saturated carbocycles. The predicted molar refractivity (Wildman–Crippen MR) is 64.0 cm³/mol. The van der Waals surface area contributed by atoms with Gasteiger partial charge in [0, 0.05) is 45.1 Å². The van der Waals surface area contributed by atoms with Crippen LogP contribution in [0.3, 0.4) is 0 Å². The van der Waals surface area contributed by atoms with Gasteiger partial charge in [0.15, 0.2) is 5.78 Å². The molecule has 1 aliphatic heterocycles. The van der Waals surface area contributed by atoms with Gasteiger partial charge in [-0.05, 0) is 6.07 Å². The fourth-order valence-corrected chi connectivity index (χ4v) is 1.86. The van der Waals surface area contributed by atoms with Crippen molar-refractivity contribution in [1.82, 2.24) is 14.4 Å². The van der Waals surface area contributed by atoms with E-state index in [4.69, 9.17) is 0 Å². The summed E-state index contributed by atoms with van der Waals surface area (Å²) in [6.45, 7) is 0.828. The summed E-state index contributed by atoms with van der Waals surface area (Å²) in [5.41, 5.74) is 0.552. The van der Waals surface area contributed by atoms with Gasteiger partial charge in [-0.25, -0.2) is 0 Å². The van der Waals surface area contributed by atoms with Gasteiger partial charge in [-0.15, -0.1) is 0 Å². The summed E-state index contributed by atoms with van der Waals surface area (Å²) in [6, 6.07) is 1.70. The van der Waals surface area contributed by atoms with Gasteiger partial charge >= 0.3 is 11.8 Å². The van der Waals surface area contributed by atoms with E-state index in [-0.39, 0.29) is 12.3 Å². The first kappa shape index (κ1) is 12.3. The van der Waals surface area contributed by atoms with Crippen LogP contribution in [-0.4, -0.2) is 58.6 Å². The van der Waals surface area contributed by atoms with Crippen molar-refractivity contribution in [3.63, 3.8) is 0 Å². The molecule has 2 rings (SSSR count). The molecule has 0 unspecified atom stereocenters. The molecule has 1 aromatic heterocycles. The molecule has 18 heavy (non-hydrogen) atoms. The average molecular weight is 249 g/mol. The summed E-state index contributed by atoms with van der Waals surface area (Å²) < 4.78 is 1.77. The minimum atomic E-state index is -0.604. The monoisotopic (exact) mass is 249 g/mol. The second-order valence-corrected chi connectivity index (χ2v) is 4.44. The summed E-state index contributed by atoms with van der Waals surface area (Å²) in [7, 11) is 3.40. The Bertz CT molecular complexity index is 506. The Morgan fingerprint density at radius 3 is 2.56 bits per heavy atom. The number of hydrogen-bond acceptors (Lipinski definition) is 3. The third kappa shape index (κ3) is 2.27. The highest BCUT2D eigenvalue weighted by Crippen LogP contribution is 2.07. The maximum atomic E-state index is 11.9. The maximum absolute atomic E-state index is 11.9. The van der Waals surface area contributed by atoms with Crippen LogP contribution in [0.15, 0.2) is 18.5 Å². The molecule has 1 aliphatic rings. The van der Waals surface area contributed by atoms with Crippen molar-refractivity contribution in [3.05, 3.63) is 24.0 Å². The lowest BCUT2D eigenvalue weighted by atomic mass is 10.2. The van der Waals surface area contributed by atoms with Crippen LogP contribution in [0.2, 0.25) is 0 Å². The largest absolute Gasteiger partial charge is 0.357 e. The second-order valence-electron chi connectivity index (χ2n) is 4.44. The van der Waals surface area contributed by atoms with Crippen LogP contribution in [0.1, 0.15) is 10.4 Å². The first-order valence-electron chi connectivity index (χ1n) is 5.68. The molecule has 0 N–H and O–H groups in total. The predicted octanol–water partition coefficient (Wildman–Crippen LogP) is -0.492. The number of nitrogens with zero attached hydrogens (tertiary/aromatic N) is 3. The van der Waals surface area contributed by atoms with E-state index >= 15 is 0 Å². The van der Waals surface area contributed by atoms with Crippen LogP contribution >= 0.6 is 0 Å². The van der Waals surface area contributed by atoms with Crippen LogP contribution in [0.4, 0.5) is 0 Å². The van der Waals surface area contributed by atoms with Gasteiger partial charge in [0.1, 0.15) is 0 Å². The molecule has 1 saturated heterocycles. The highest BCUT2D eigenvalue weighted by atomic mass is 16.2. The van der Waals surface area contributed by atoms with E-state index in [1.165, 1.54) is 9.80 Å². The van der Waals surface area contributed by atoms with Crippen LogP contribution in [0.25, 0.3) is 0 Å². The molecule has 2 amide bonds. The first-order valence-corrected chi connectivity index (χ1v) is 5.68. The minimum absolute atomic E-state index is 0.0393. The van der Waals surface area contributed by atoms with E-state index < -0.39 is 11.8 Å². The molecule has 1 fully saturated rings. The van der Waals surface area contributed by atoms with E-state index in [1.807, 2.05) is 7.05 Å². The van der Waals surface area contributed by atoms with E-state index in [0.29, 0.717) is 18.7 Å². The van der Waals surface area contributed by atoms with Crippen molar-refractivity contribution in [3.8, 4) is 0 Å². The lowest BCUT2D eigenvalue weighted by Crippen LogP contribution is -2.53. The Labute approximate surface area is 105 Å². The minimum Gasteiger partial charge on any atom is -0.357 e. The third-order valence-corrected chi connectivity index (χ3v) is 3.01. The molecular formula is C12H15N3O3. The molecule has 0 spiro atoms. The van der Waals surface area contributed by atoms with Crippen LogP contribution in [-0.2, 0) is 16.6 Å². The normalized spacial score (nSPS) is 16.3. The van der Waals surface area contributed by atoms with E-state index in [0.717, 1.165) is 0 Å². The van der Waals surface area contributed by atoms with Crippen LogP contribution in [0.5, 0.6) is 0 Å². The van der Waals surface area contributed by atoms with Crippen molar-refractivity contribution in [2.24, 2.45) is 7.05 Å². The molecule has 0 atom stereocenters. The standard InChI is InChI=1S/C12H15N3O3/c1-13-4-3-9(7-13)10(16)8-15-6-5-14(2)11(17)12(15)18/h3-4,7H,5-6,8H2,1-2H3. The van der Waals surface area contributed by atoms with Gasteiger partial charge in [0.2, 0.25) is 0 Å². The summed E-state index contributed by atoms with van der Waals surface area (Å²) in [4.78, 5) is 37.8. The van der Waals surface area contributed by atoms with Gasteiger partial charge < -0.3 is 14.4 Å². The summed E-state index contributed by atoms with van der Waals surface area (Å²) in [6.07, 6.45) is 3.47. The Morgan fingerprint density at radius 2 is 1.94 bits per heavy atom. The summed E-state index contributed by atoms with van der Waals surface area (Å²) in [5, 5.41) is 0. The molecule has 0 bridgehead atoms. The fourth-order valence-electron chi connectivity index (χ4n) is 1.86. The zero-order valence-corrected chi connectivity index (χ0v) is 10.4. The summed E-state index contributed by atoms with van der Waals surface area (Å²) in [5.74, 6) is -1.31. The smallest absolute Gasteiger partial charge is 0.312 e. The van der Waals surface area contributed by atoms with Crippen molar-refractivity contribution < 1.29 is 14.4 Å². The van der Waals surface area contributed by atoms with Crippen LogP contribution in [0, 0.1) is 0 Å². The number of aromatic nitrogens is 1. The molecule has 1 aromatic rings. The van der Waals surface area contributed by atoms with Gasteiger partial charge in [0.25, 0.3) is 0 Å². The number of hydrogen-bond donors (Lipinski definition) is 0. The second kappa shape index (κ2) is 4.64. The van der Waals surface area contributed by atoms with Crippen molar-refractivity contribution in [2.45, 2.75) is 0 Å².